The van der Waals surface area contributed by atoms with E-state index in [1.807, 2.05) is 6.92 Å². The summed E-state index contributed by atoms with van der Waals surface area (Å²) in [6, 6.07) is 0.0565. The highest BCUT2D eigenvalue weighted by atomic mass is 32.2. The normalized spacial score (nSPS) is 12.9. The Morgan fingerprint density at radius 1 is 1.41 bits per heavy atom. The summed E-state index contributed by atoms with van der Waals surface area (Å²) in [5, 5.41) is 11.1. The second-order valence-electron chi connectivity index (χ2n) is 4.75. The van der Waals surface area contributed by atoms with Crippen molar-refractivity contribution in [2.75, 3.05) is 7.05 Å². The van der Waals surface area contributed by atoms with Gasteiger partial charge in [0.15, 0.2) is 0 Å². The Kier molecular flexibility index (Phi) is 6.12. The fourth-order valence-corrected chi connectivity index (χ4v) is 2.52. The summed E-state index contributed by atoms with van der Waals surface area (Å²) in [4.78, 5) is 23.2. The van der Waals surface area contributed by atoms with Gasteiger partial charge in [-0.25, -0.2) is 17.9 Å². The predicted octanol–water partition coefficient (Wildman–Crippen LogP) is 0.869. The van der Waals surface area contributed by atoms with Crippen LogP contribution in [-0.2, 0) is 14.8 Å². The molecule has 1 aromatic rings. The highest BCUT2D eigenvalue weighted by molar-refractivity contribution is 7.89. The number of furan rings is 1. The minimum Gasteiger partial charge on any atom is -0.480 e. The van der Waals surface area contributed by atoms with Crippen LogP contribution in [0, 0.1) is 6.92 Å². The topological polar surface area (TPSA) is 126 Å². The van der Waals surface area contributed by atoms with Crippen LogP contribution in [0.5, 0.6) is 0 Å². The van der Waals surface area contributed by atoms with Crippen LogP contribution in [0.25, 0.3) is 0 Å². The van der Waals surface area contributed by atoms with E-state index in [0.717, 1.165) is 12.5 Å². The quantitative estimate of drug-likeness (QED) is 0.648. The lowest BCUT2D eigenvalue weighted by molar-refractivity contribution is -0.139. The molecule has 1 aromatic heterocycles. The molecule has 0 bridgehead atoms. The average Bonchev–Trinajstić information content (AvgIpc) is 2.85. The van der Waals surface area contributed by atoms with Crippen molar-refractivity contribution >= 4 is 21.9 Å². The lowest BCUT2D eigenvalue weighted by Gasteiger charge is -2.13. The van der Waals surface area contributed by atoms with Gasteiger partial charge in [-0.3, -0.25) is 4.79 Å². The SMILES string of the molecule is CCCCC(NC(=O)c1cc(S(=O)(=O)NC)oc1C)C(=O)O. The lowest BCUT2D eigenvalue weighted by Crippen LogP contribution is -2.40. The first-order chi connectivity index (χ1) is 10.2. The molecule has 8 nitrogen and oxygen atoms in total. The van der Waals surface area contributed by atoms with E-state index in [9.17, 15) is 18.0 Å². The fraction of sp³-hybridized carbons (Fsp3) is 0.538. The van der Waals surface area contributed by atoms with Gasteiger partial charge in [0.25, 0.3) is 15.9 Å². The monoisotopic (exact) mass is 332 g/mol. The number of carbonyl (C=O) groups is 2. The number of nitrogens with one attached hydrogen (secondary N) is 2. The Bertz CT molecular complexity index is 649. The predicted molar refractivity (Wildman–Crippen MR) is 78.1 cm³/mol. The molecule has 3 N–H and O–H groups in total. The van der Waals surface area contributed by atoms with E-state index in [1.165, 1.54) is 14.0 Å². The number of sulfonamides is 1. The molecule has 0 spiro atoms. The Balaban J connectivity index is 2.96. The third-order valence-corrected chi connectivity index (χ3v) is 4.39. The van der Waals surface area contributed by atoms with E-state index in [-0.39, 0.29) is 11.3 Å². The van der Waals surface area contributed by atoms with Gasteiger partial charge in [-0.15, -0.1) is 0 Å². The van der Waals surface area contributed by atoms with E-state index in [1.54, 1.807) is 0 Å². The number of hydrogen-bond donors (Lipinski definition) is 3. The molecule has 0 radical (unpaired) electrons. The molecule has 22 heavy (non-hydrogen) atoms. The van der Waals surface area contributed by atoms with E-state index >= 15 is 0 Å². The van der Waals surface area contributed by atoms with E-state index in [2.05, 4.69) is 10.0 Å². The fourth-order valence-electron chi connectivity index (χ4n) is 1.81. The summed E-state index contributed by atoms with van der Waals surface area (Å²) in [5.41, 5.74) is -0.00317. The molecule has 1 heterocycles. The highest BCUT2D eigenvalue weighted by Crippen LogP contribution is 2.19. The number of aliphatic carboxylic acids is 1. The van der Waals surface area contributed by atoms with Crippen molar-refractivity contribution < 1.29 is 27.5 Å². The summed E-state index contributed by atoms with van der Waals surface area (Å²) in [6.07, 6.45) is 1.76. The molecule has 1 atom stereocenters. The summed E-state index contributed by atoms with van der Waals surface area (Å²) in [6.45, 7) is 3.35. The second-order valence-corrected chi connectivity index (χ2v) is 6.57. The van der Waals surface area contributed by atoms with Crippen molar-refractivity contribution in [3.8, 4) is 0 Å². The number of carboxylic acids is 1. The van der Waals surface area contributed by atoms with Crippen molar-refractivity contribution in [1.29, 1.82) is 0 Å². The minimum absolute atomic E-state index is 0.00317. The van der Waals surface area contributed by atoms with E-state index in [0.29, 0.717) is 12.8 Å². The van der Waals surface area contributed by atoms with Gasteiger partial charge >= 0.3 is 5.97 Å². The zero-order valence-electron chi connectivity index (χ0n) is 12.7. The molecule has 0 aliphatic carbocycles. The van der Waals surface area contributed by atoms with Crippen LogP contribution in [0.2, 0.25) is 0 Å². The van der Waals surface area contributed by atoms with E-state index < -0.39 is 33.0 Å². The van der Waals surface area contributed by atoms with Gasteiger partial charge in [-0.2, -0.15) is 0 Å². The molecular formula is C13H20N2O6S. The smallest absolute Gasteiger partial charge is 0.326 e. The van der Waals surface area contributed by atoms with Crippen molar-refractivity contribution in [2.24, 2.45) is 0 Å². The maximum absolute atomic E-state index is 12.1. The van der Waals surface area contributed by atoms with Gasteiger partial charge in [-0.05, 0) is 20.4 Å². The average molecular weight is 332 g/mol. The molecule has 124 valence electrons. The molecule has 0 fully saturated rings. The number of carbonyl (C=O) groups excluding carboxylic acids is 1. The molecule has 1 rings (SSSR count). The van der Waals surface area contributed by atoms with Gasteiger partial charge in [0.2, 0.25) is 5.09 Å². The Morgan fingerprint density at radius 3 is 2.55 bits per heavy atom. The lowest BCUT2D eigenvalue weighted by atomic mass is 10.1. The van der Waals surface area contributed by atoms with Crippen LogP contribution in [0.4, 0.5) is 0 Å². The van der Waals surface area contributed by atoms with Crippen molar-refractivity contribution in [3.05, 3.63) is 17.4 Å². The van der Waals surface area contributed by atoms with Crippen LogP contribution in [-0.4, -0.2) is 38.5 Å². The molecule has 0 aromatic carbocycles. The van der Waals surface area contributed by atoms with Gasteiger partial charge in [0.05, 0.1) is 5.56 Å². The summed E-state index contributed by atoms with van der Waals surface area (Å²) < 4.78 is 30.4. The first-order valence-corrected chi connectivity index (χ1v) is 8.28. The van der Waals surface area contributed by atoms with Gasteiger partial charge in [-0.1, -0.05) is 19.8 Å². The first-order valence-electron chi connectivity index (χ1n) is 6.80. The second kappa shape index (κ2) is 7.41. The third-order valence-electron chi connectivity index (χ3n) is 3.12. The van der Waals surface area contributed by atoms with Crippen molar-refractivity contribution in [1.82, 2.24) is 10.0 Å². The molecule has 0 saturated carbocycles. The van der Waals surface area contributed by atoms with Crippen LogP contribution >= 0.6 is 0 Å². The van der Waals surface area contributed by atoms with Crippen LogP contribution in [0.3, 0.4) is 0 Å². The first kappa shape index (κ1) is 18.2. The van der Waals surface area contributed by atoms with Crippen LogP contribution in [0.15, 0.2) is 15.6 Å². The van der Waals surface area contributed by atoms with Gasteiger partial charge < -0.3 is 14.8 Å². The summed E-state index contributed by atoms with van der Waals surface area (Å²) in [5.74, 6) is -1.71. The number of carboxylic acid groups (broad SMARTS) is 1. The summed E-state index contributed by atoms with van der Waals surface area (Å²) in [7, 11) is -2.58. The number of unbranched alkanes of at least 4 members (excludes halogenated alkanes) is 1. The minimum atomic E-state index is -3.81. The van der Waals surface area contributed by atoms with Crippen molar-refractivity contribution in [3.63, 3.8) is 0 Å². The molecule has 0 saturated heterocycles. The van der Waals surface area contributed by atoms with Gasteiger partial charge in [0.1, 0.15) is 11.8 Å². The van der Waals surface area contributed by atoms with Crippen molar-refractivity contribution in [2.45, 2.75) is 44.2 Å². The Morgan fingerprint density at radius 2 is 2.05 bits per heavy atom. The molecule has 9 heteroatoms. The number of rotatable bonds is 8. The molecule has 1 unspecified atom stereocenters. The zero-order chi connectivity index (χ0) is 16.9. The maximum Gasteiger partial charge on any atom is 0.326 e. The zero-order valence-corrected chi connectivity index (χ0v) is 13.5. The standard InChI is InChI=1S/C13H20N2O6S/c1-4-5-6-10(13(17)18)15-12(16)9-7-11(21-8(9)2)22(19,20)14-3/h7,10,14H,4-6H2,1-3H3,(H,15,16)(H,17,18). The molecule has 0 aliphatic rings. The van der Waals surface area contributed by atoms with Crippen LogP contribution < -0.4 is 10.0 Å². The Labute approximate surface area is 128 Å². The number of aryl methyl sites for hydroxylation is 1. The summed E-state index contributed by atoms with van der Waals surface area (Å²) >= 11 is 0. The van der Waals surface area contributed by atoms with Gasteiger partial charge in [0, 0.05) is 6.07 Å². The molecular weight excluding hydrogens is 312 g/mol. The largest absolute Gasteiger partial charge is 0.480 e. The number of hydrogen-bond acceptors (Lipinski definition) is 5. The molecule has 1 amide bonds. The highest BCUT2D eigenvalue weighted by Gasteiger charge is 2.25. The number of amides is 1. The maximum atomic E-state index is 12.1. The van der Waals surface area contributed by atoms with Crippen LogP contribution in [0.1, 0.15) is 42.3 Å². The molecule has 0 aliphatic heterocycles. The third kappa shape index (κ3) is 4.31. The Hall–Kier alpha value is -1.87. The van der Waals surface area contributed by atoms with E-state index in [4.69, 9.17) is 9.52 Å².